The highest BCUT2D eigenvalue weighted by Gasteiger charge is 2.31. The average Bonchev–Trinajstić information content (AvgIpc) is 3.16. The van der Waals surface area contributed by atoms with Crippen LogP contribution in [0.25, 0.3) is 0 Å². The lowest BCUT2D eigenvalue weighted by Gasteiger charge is -2.43. The van der Waals surface area contributed by atoms with Crippen molar-refractivity contribution in [3.05, 3.63) is 24.3 Å². The monoisotopic (exact) mass is 343 g/mol. The van der Waals surface area contributed by atoms with Gasteiger partial charge in [-0.1, -0.05) is 18.6 Å². The maximum absolute atomic E-state index is 12.8. The fourth-order valence-electron chi connectivity index (χ4n) is 4.39. The molecule has 2 amide bonds. The van der Waals surface area contributed by atoms with Gasteiger partial charge in [-0.25, -0.2) is 4.79 Å². The van der Waals surface area contributed by atoms with Crippen LogP contribution < -0.4 is 10.1 Å². The molecule has 1 unspecified atom stereocenters. The Balaban J connectivity index is 1.39. The highest BCUT2D eigenvalue weighted by atomic mass is 16.5. The van der Waals surface area contributed by atoms with Gasteiger partial charge >= 0.3 is 6.03 Å². The summed E-state index contributed by atoms with van der Waals surface area (Å²) in [5.41, 5.74) is 0.797. The maximum atomic E-state index is 12.8. The number of rotatable bonds is 3. The van der Waals surface area contributed by atoms with Crippen LogP contribution in [0.4, 0.5) is 10.5 Å². The minimum Gasteiger partial charge on any atom is -0.488 e. The maximum Gasteiger partial charge on any atom is 0.322 e. The van der Waals surface area contributed by atoms with E-state index in [2.05, 4.69) is 10.2 Å². The van der Waals surface area contributed by atoms with Crippen molar-refractivity contribution in [2.24, 2.45) is 0 Å². The Bertz CT molecular complexity index is 600. The minimum absolute atomic E-state index is 0.00713. The molecule has 136 valence electrons. The number of urea groups is 1. The van der Waals surface area contributed by atoms with Gasteiger partial charge in [-0.05, 0) is 57.2 Å². The lowest BCUT2D eigenvalue weighted by atomic mass is 10.00. The Hall–Kier alpha value is -1.75. The number of piperidine rings is 1. The molecule has 4 rings (SSSR count). The summed E-state index contributed by atoms with van der Waals surface area (Å²) < 4.78 is 6.14. The quantitative estimate of drug-likeness (QED) is 0.910. The lowest BCUT2D eigenvalue weighted by molar-refractivity contribution is 0.0678. The van der Waals surface area contributed by atoms with Gasteiger partial charge in [0.2, 0.25) is 0 Å². The second kappa shape index (κ2) is 7.65. The van der Waals surface area contributed by atoms with Crippen molar-refractivity contribution < 1.29 is 9.53 Å². The third kappa shape index (κ3) is 3.92. The molecular formula is C20H29N3O2. The van der Waals surface area contributed by atoms with E-state index in [-0.39, 0.29) is 6.03 Å². The molecule has 2 heterocycles. The number of ether oxygens (including phenoxy) is 1. The normalized spacial score (nSPS) is 24.8. The summed E-state index contributed by atoms with van der Waals surface area (Å²) >= 11 is 0. The molecule has 5 nitrogen and oxygen atoms in total. The molecule has 0 spiro atoms. The molecule has 1 aromatic carbocycles. The highest BCUT2D eigenvalue weighted by Crippen LogP contribution is 2.30. The number of hydrogen-bond acceptors (Lipinski definition) is 3. The van der Waals surface area contributed by atoms with Crippen molar-refractivity contribution in [3.63, 3.8) is 0 Å². The van der Waals surface area contributed by atoms with E-state index in [0.29, 0.717) is 12.1 Å². The zero-order valence-electron chi connectivity index (χ0n) is 15.0. The molecule has 1 N–H and O–H groups in total. The summed E-state index contributed by atoms with van der Waals surface area (Å²) in [6, 6.07) is 8.38. The Morgan fingerprint density at radius 3 is 2.68 bits per heavy atom. The fraction of sp³-hybridized carbons (Fsp3) is 0.650. The number of fused-ring (bicyclic) bond motifs is 1. The molecule has 1 saturated carbocycles. The van der Waals surface area contributed by atoms with E-state index in [1.54, 1.807) is 0 Å². The van der Waals surface area contributed by atoms with Crippen LogP contribution in [0.1, 0.15) is 44.9 Å². The molecule has 1 aliphatic carbocycles. The number of piperazine rings is 1. The third-order valence-corrected chi connectivity index (χ3v) is 5.85. The van der Waals surface area contributed by atoms with Crippen LogP contribution in [0.2, 0.25) is 0 Å². The summed E-state index contributed by atoms with van der Waals surface area (Å²) in [7, 11) is 0. The van der Waals surface area contributed by atoms with Crippen molar-refractivity contribution in [2.75, 3.05) is 31.5 Å². The highest BCUT2D eigenvalue weighted by molar-refractivity contribution is 5.91. The van der Waals surface area contributed by atoms with Gasteiger partial charge in [-0.2, -0.15) is 0 Å². The van der Waals surface area contributed by atoms with Crippen molar-refractivity contribution in [3.8, 4) is 5.75 Å². The summed E-state index contributed by atoms with van der Waals surface area (Å²) in [6.45, 7) is 3.85. The van der Waals surface area contributed by atoms with Crippen LogP contribution in [0.15, 0.2) is 24.3 Å². The first-order valence-corrected chi connectivity index (χ1v) is 9.85. The third-order valence-electron chi connectivity index (χ3n) is 5.85. The minimum atomic E-state index is 0.00713. The Morgan fingerprint density at radius 1 is 1.00 bits per heavy atom. The van der Waals surface area contributed by atoms with Crippen molar-refractivity contribution in [1.82, 2.24) is 9.80 Å². The van der Waals surface area contributed by atoms with Crippen molar-refractivity contribution in [1.29, 1.82) is 0 Å². The molecule has 3 fully saturated rings. The molecule has 0 radical (unpaired) electrons. The number of carbonyl (C=O) groups excluding carboxylic acids is 1. The van der Waals surface area contributed by atoms with Crippen LogP contribution in [0.3, 0.4) is 0 Å². The molecule has 25 heavy (non-hydrogen) atoms. The first kappa shape index (κ1) is 16.7. The smallest absolute Gasteiger partial charge is 0.322 e. The average molecular weight is 343 g/mol. The van der Waals surface area contributed by atoms with Crippen LogP contribution in [-0.4, -0.2) is 54.2 Å². The van der Waals surface area contributed by atoms with E-state index in [1.165, 1.54) is 38.6 Å². The van der Waals surface area contributed by atoms with Crippen LogP contribution in [-0.2, 0) is 0 Å². The van der Waals surface area contributed by atoms with E-state index in [1.807, 2.05) is 29.2 Å². The molecule has 1 aromatic rings. The summed E-state index contributed by atoms with van der Waals surface area (Å²) in [5, 5.41) is 3.09. The molecule has 2 saturated heterocycles. The molecule has 0 aromatic heterocycles. The van der Waals surface area contributed by atoms with E-state index >= 15 is 0 Å². The molecule has 2 aliphatic heterocycles. The van der Waals surface area contributed by atoms with Gasteiger partial charge in [-0.3, -0.25) is 4.90 Å². The van der Waals surface area contributed by atoms with Crippen LogP contribution >= 0.6 is 0 Å². The summed E-state index contributed by atoms with van der Waals surface area (Å²) in [5.74, 6) is 0.805. The Morgan fingerprint density at radius 2 is 1.80 bits per heavy atom. The fourth-order valence-corrected chi connectivity index (χ4v) is 4.39. The van der Waals surface area contributed by atoms with Gasteiger partial charge < -0.3 is 15.0 Å². The number of nitrogens with one attached hydrogen (secondary N) is 1. The van der Waals surface area contributed by atoms with E-state index < -0.39 is 0 Å². The predicted octanol–water partition coefficient (Wildman–Crippen LogP) is 3.71. The van der Waals surface area contributed by atoms with Gasteiger partial charge in [-0.15, -0.1) is 0 Å². The number of anilines is 1. The number of nitrogens with zero attached hydrogens (tertiary/aromatic N) is 2. The summed E-state index contributed by atoms with van der Waals surface area (Å²) in [4.78, 5) is 17.3. The Kier molecular flexibility index (Phi) is 5.11. The van der Waals surface area contributed by atoms with Gasteiger partial charge in [0, 0.05) is 25.7 Å². The van der Waals surface area contributed by atoms with Crippen molar-refractivity contribution in [2.45, 2.75) is 57.1 Å². The van der Waals surface area contributed by atoms with Gasteiger partial charge in [0.1, 0.15) is 5.75 Å². The largest absolute Gasteiger partial charge is 0.488 e. The molecule has 0 bridgehead atoms. The zero-order valence-corrected chi connectivity index (χ0v) is 15.0. The lowest BCUT2D eigenvalue weighted by Crippen LogP contribution is -2.56. The zero-order chi connectivity index (χ0) is 17.1. The SMILES string of the molecule is O=C(Nc1ccccc1OC1CCCC1)N1CCN2CCCCC2C1. The molecule has 3 aliphatic rings. The van der Waals surface area contributed by atoms with E-state index in [4.69, 9.17) is 4.74 Å². The Labute approximate surface area is 150 Å². The number of hydrogen-bond donors (Lipinski definition) is 1. The van der Waals surface area contributed by atoms with Crippen LogP contribution in [0.5, 0.6) is 5.75 Å². The van der Waals surface area contributed by atoms with Crippen molar-refractivity contribution >= 4 is 11.7 Å². The number of carbonyl (C=O) groups is 1. The number of benzene rings is 1. The van der Waals surface area contributed by atoms with E-state index in [0.717, 1.165) is 43.9 Å². The topological polar surface area (TPSA) is 44.8 Å². The van der Waals surface area contributed by atoms with E-state index in [9.17, 15) is 4.79 Å². The number of para-hydroxylation sites is 2. The summed E-state index contributed by atoms with van der Waals surface area (Å²) in [6.07, 6.45) is 8.81. The predicted molar refractivity (Wildman–Crippen MR) is 99.1 cm³/mol. The standard InChI is InChI=1S/C20H29N3O2/c24-20(23-14-13-22-12-6-5-7-16(22)15-23)21-18-10-3-4-11-19(18)25-17-8-1-2-9-17/h3-4,10-11,16-17H,1-2,5-9,12-15H2,(H,21,24). The number of amides is 2. The molecule has 1 atom stereocenters. The van der Waals surface area contributed by atoms with Gasteiger partial charge in [0.25, 0.3) is 0 Å². The second-order valence-electron chi connectivity index (χ2n) is 7.58. The molecular weight excluding hydrogens is 314 g/mol. The molecule has 5 heteroatoms. The first-order chi connectivity index (χ1) is 12.3. The first-order valence-electron chi connectivity index (χ1n) is 9.85. The van der Waals surface area contributed by atoms with Gasteiger partial charge in [0.15, 0.2) is 0 Å². The van der Waals surface area contributed by atoms with Crippen LogP contribution in [0, 0.1) is 0 Å². The van der Waals surface area contributed by atoms with Gasteiger partial charge in [0.05, 0.1) is 11.8 Å². The second-order valence-corrected chi connectivity index (χ2v) is 7.58.